The molecule has 1 unspecified atom stereocenters. The molecule has 3 rings (SSSR count). The molecule has 1 atom stereocenters. The molecule has 0 saturated carbocycles. The zero-order valence-electron chi connectivity index (χ0n) is 8.16. The maximum absolute atomic E-state index is 13.0. The number of hydrogen-bond acceptors (Lipinski definition) is 2. The molecular weight excluding hydrogens is 195 g/mol. The fraction of sp³-hybridized carbons (Fsp3) is 0.364. The Morgan fingerprint density at radius 2 is 2.33 bits per heavy atom. The SMILES string of the molecule is O=C1CNCC2Cc3cc(F)ccc3N12. The Balaban J connectivity index is 2.07. The predicted molar refractivity (Wildman–Crippen MR) is 54.2 cm³/mol. The minimum atomic E-state index is -0.228. The highest BCUT2D eigenvalue weighted by Crippen LogP contribution is 2.33. The van der Waals surface area contributed by atoms with Gasteiger partial charge in [0.15, 0.2) is 0 Å². The largest absolute Gasteiger partial charge is 0.306 e. The number of halogens is 1. The van der Waals surface area contributed by atoms with Crippen LogP contribution in [0.1, 0.15) is 5.56 Å². The Hall–Kier alpha value is -1.42. The number of benzene rings is 1. The second-order valence-electron chi connectivity index (χ2n) is 4.03. The van der Waals surface area contributed by atoms with Crippen LogP contribution in [-0.4, -0.2) is 25.0 Å². The molecule has 0 aromatic heterocycles. The van der Waals surface area contributed by atoms with Crippen molar-refractivity contribution in [1.82, 2.24) is 5.32 Å². The summed E-state index contributed by atoms with van der Waals surface area (Å²) in [4.78, 5) is 13.5. The summed E-state index contributed by atoms with van der Waals surface area (Å²) in [5, 5.41) is 3.07. The van der Waals surface area contributed by atoms with E-state index in [0.29, 0.717) is 6.54 Å². The minimum absolute atomic E-state index is 0.0802. The molecule has 1 amide bonds. The lowest BCUT2D eigenvalue weighted by Gasteiger charge is -2.30. The summed E-state index contributed by atoms with van der Waals surface area (Å²) in [6, 6.07) is 4.81. The third kappa shape index (κ3) is 1.25. The zero-order valence-corrected chi connectivity index (χ0v) is 8.16. The summed E-state index contributed by atoms with van der Waals surface area (Å²) in [7, 11) is 0. The van der Waals surface area contributed by atoms with Gasteiger partial charge in [-0.2, -0.15) is 0 Å². The van der Waals surface area contributed by atoms with Gasteiger partial charge >= 0.3 is 0 Å². The highest BCUT2D eigenvalue weighted by Gasteiger charge is 2.36. The van der Waals surface area contributed by atoms with Crippen molar-refractivity contribution in [2.24, 2.45) is 0 Å². The first-order valence-corrected chi connectivity index (χ1v) is 5.07. The van der Waals surface area contributed by atoms with Crippen LogP contribution < -0.4 is 10.2 Å². The van der Waals surface area contributed by atoms with Crippen LogP contribution in [-0.2, 0) is 11.2 Å². The third-order valence-corrected chi connectivity index (χ3v) is 3.05. The number of hydrogen-bond donors (Lipinski definition) is 1. The topological polar surface area (TPSA) is 32.3 Å². The lowest BCUT2D eigenvalue weighted by molar-refractivity contribution is -0.119. The Bertz CT molecular complexity index is 433. The maximum atomic E-state index is 13.0. The fourth-order valence-corrected chi connectivity index (χ4v) is 2.43. The van der Waals surface area contributed by atoms with Crippen molar-refractivity contribution in [3.05, 3.63) is 29.6 Å². The number of anilines is 1. The van der Waals surface area contributed by atoms with E-state index in [9.17, 15) is 9.18 Å². The van der Waals surface area contributed by atoms with E-state index in [1.165, 1.54) is 12.1 Å². The number of amides is 1. The summed E-state index contributed by atoms with van der Waals surface area (Å²) in [6.07, 6.45) is 0.756. The number of nitrogens with zero attached hydrogens (tertiary/aromatic N) is 1. The molecule has 1 aromatic rings. The predicted octanol–water partition coefficient (Wildman–Crippen LogP) is 0.687. The fourth-order valence-electron chi connectivity index (χ4n) is 2.43. The van der Waals surface area contributed by atoms with Crippen LogP contribution in [0.5, 0.6) is 0 Å². The smallest absolute Gasteiger partial charge is 0.241 e. The van der Waals surface area contributed by atoms with Gasteiger partial charge in [-0.1, -0.05) is 0 Å². The van der Waals surface area contributed by atoms with Gasteiger partial charge < -0.3 is 10.2 Å². The summed E-state index contributed by atoms with van der Waals surface area (Å²) < 4.78 is 13.0. The molecule has 3 nitrogen and oxygen atoms in total. The van der Waals surface area contributed by atoms with E-state index < -0.39 is 0 Å². The Labute approximate surface area is 86.9 Å². The van der Waals surface area contributed by atoms with E-state index in [0.717, 1.165) is 24.2 Å². The van der Waals surface area contributed by atoms with Gasteiger partial charge in [-0.05, 0) is 30.2 Å². The quantitative estimate of drug-likeness (QED) is 0.677. The van der Waals surface area contributed by atoms with Gasteiger partial charge in [-0.25, -0.2) is 4.39 Å². The van der Waals surface area contributed by atoms with Crippen molar-refractivity contribution in [3.63, 3.8) is 0 Å². The molecule has 0 aliphatic carbocycles. The van der Waals surface area contributed by atoms with E-state index in [1.807, 2.05) is 0 Å². The molecule has 78 valence electrons. The Kier molecular flexibility index (Phi) is 1.79. The zero-order chi connectivity index (χ0) is 10.4. The van der Waals surface area contributed by atoms with Crippen LogP contribution >= 0.6 is 0 Å². The van der Waals surface area contributed by atoms with Crippen LogP contribution in [0, 0.1) is 5.82 Å². The Morgan fingerprint density at radius 1 is 1.47 bits per heavy atom. The molecule has 4 heteroatoms. The van der Waals surface area contributed by atoms with Gasteiger partial charge in [-0.15, -0.1) is 0 Å². The van der Waals surface area contributed by atoms with Crippen molar-refractivity contribution < 1.29 is 9.18 Å². The van der Waals surface area contributed by atoms with Gasteiger partial charge in [-0.3, -0.25) is 4.79 Å². The molecule has 0 bridgehead atoms. The van der Waals surface area contributed by atoms with Crippen LogP contribution in [0.15, 0.2) is 18.2 Å². The number of carbonyl (C=O) groups is 1. The summed E-state index contributed by atoms with van der Waals surface area (Å²) in [5.41, 5.74) is 1.82. The molecule has 2 heterocycles. The maximum Gasteiger partial charge on any atom is 0.241 e. The summed E-state index contributed by atoms with van der Waals surface area (Å²) >= 11 is 0. The van der Waals surface area contributed by atoms with E-state index >= 15 is 0 Å². The molecule has 1 fully saturated rings. The first-order chi connectivity index (χ1) is 7.25. The molecule has 1 N–H and O–H groups in total. The number of rotatable bonds is 0. The first-order valence-electron chi connectivity index (χ1n) is 5.07. The van der Waals surface area contributed by atoms with E-state index in [2.05, 4.69) is 5.32 Å². The highest BCUT2D eigenvalue weighted by molar-refractivity contribution is 5.98. The van der Waals surface area contributed by atoms with Crippen molar-refractivity contribution >= 4 is 11.6 Å². The molecule has 0 spiro atoms. The van der Waals surface area contributed by atoms with Gasteiger partial charge in [0.1, 0.15) is 5.82 Å². The van der Waals surface area contributed by atoms with E-state index in [4.69, 9.17) is 0 Å². The number of fused-ring (bicyclic) bond motifs is 3. The van der Waals surface area contributed by atoms with Crippen molar-refractivity contribution in [3.8, 4) is 0 Å². The number of piperazine rings is 1. The van der Waals surface area contributed by atoms with Crippen LogP contribution in [0.4, 0.5) is 10.1 Å². The van der Waals surface area contributed by atoms with Crippen molar-refractivity contribution in [2.45, 2.75) is 12.5 Å². The molecule has 0 radical (unpaired) electrons. The standard InChI is InChI=1S/C11H11FN2O/c12-8-1-2-10-7(3-8)4-9-5-13-6-11(15)14(9)10/h1-3,9,13H,4-6H2. The van der Waals surface area contributed by atoms with Crippen molar-refractivity contribution in [2.75, 3.05) is 18.0 Å². The molecule has 1 aromatic carbocycles. The molecule has 2 aliphatic rings. The average Bonchev–Trinajstić information content (AvgIpc) is 2.56. The highest BCUT2D eigenvalue weighted by atomic mass is 19.1. The third-order valence-electron chi connectivity index (χ3n) is 3.05. The second-order valence-corrected chi connectivity index (χ2v) is 4.03. The van der Waals surface area contributed by atoms with Crippen LogP contribution in [0.3, 0.4) is 0 Å². The molecular formula is C11H11FN2O. The van der Waals surface area contributed by atoms with Crippen molar-refractivity contribution in [1.29, 1.82) is 0 Å². The van der Waals surface area contributed by atoms with Gasteiger partial charge in [0.25, 0.3) is 0 Å². The number of nitrogens with one attached hydrogen (secondary N) is 1. The first kappa shape index (κ1) is 8.85. The molecule has 15 heavy (non-hydrogen) atoms. The molecule has 1 saturated heterocycles. The lowest BCUT2D eigenvalue weighted by atomic mass is 10.1. The Morgan fingerprint density at radius 3 is 3.20 bits per heavy atom. The summed E-state index contributed by atoms with van der Waals surface area (Å²) in [6.45, 7) is 1.18. The normalized spacial score (nSPS) is 23.9. The number of carbonyl (C=O) groups excluding carboxylic acids is 1. The van der Waals surface area contributed by atoms with Gasteiger partial charge in [0, 0.05) is 12.2 Å². The van der Waals surface area contributed by atoms with Gasteiger partial charge in [0.2, 0.25) is 5.91 Å². The minimum Gasteiger partial charge on any atom is -0.306 e. The summed E-state index contributed by atoms with van der Waals surface area (Å²) in [5.74, 6) is -0.148. The second kappa shape index (κ2) is 3.03. The van der Waals surface area contributed by atoms with Gasteiger partial charge in [0.05, 0.1) is 12.6 Å². The average molecular weight is 206 g/mol. The molecule has 2 aliphatic heterocycles. The lowest BCUT2D eigenvalue weighted by Crippen LogP contribution is -2.53. The van der Waals surface area contributed by atoms with Crippen LogP contribution in [0.25, 0.3) is 0 Å². The van der Waals surface area contributed by atoms with Crippen LogP contribution in [0.2, 0.25) is 0 Å². The van der Waals surface area contributed by atoms with E-state index in [-0.39, 0.29) is 17.8 Å². The monoisotopic (exact) mass is 206 g/mol. The van der Waals surface area contributed by atoms with E-state index in [1.54, 1.807) is 11.0 Å².